The van der Waals surface area contributed by atoms with Crippen LogP contribution in [-0.4, -0.2) is 20.9 Å². The minimum Gasteiger partial charge on any atom is -0.369 e. The molecule has 0 spiro atoms. The van der Waals surface area contributed by atoms with Gasteiger partial charge in [-0.1, -0.05) is 29.5 Å². The second-order valence-corrected chi connectivity index (χ2v) is 11.2. The Labute approximate surface area is 232 Å². The Morgan fingerprint density at radius 2 is 1.61 bits per heavy atom. The minimum absolute atomic E-state index is 0.0576. The monoisotopic (exact) mass is 575 g/mol. The highest BCUT2D eigenvalue weighted by Crippen LogP contribution is 2.59. The first-order chi connectivity index (χ1) is 19.2. The predicted octanol–water partition coefficient (Wildman–Crippen LogP) is 6.56. The highest BCUT2D eigenvalue weighted by atomic mass is 19.4. The van der Waals surface area contributed by atoms with Crippen LogP contribution in [0.5, 0.6) is 0 Å². The highest BCUT2D eigenvalue weighted by molar-refractivity contribution is 5.78. The lowest BCUT2D eigenvalue weighted by Crippen LogP contribution is -2.53. The Hall–Kier alpha value is -3.88. The van der Waals surface area contributed by atoms with Crippen LogP contribution in [0.15, 0.2) is 42.5 Å². The molecule has 216 valence electrons. The van der Waals surface area contributed by atoms with E-state index in [-0.39, 0.29) is 28.8 Å². The summed E-state index contributed by atoms with van der Waals surface area (Å²) >= 11 is 0. The number of amides is 1. The molecule has 3 aliphatic rings. The molecule has 2 bridgehead atoms. The SMILES string of the molecule is Cc1c(-c2ccccc2C(F)(F)F)nnn1C12CCC(C(Cc3ccc(C#N)cc3C(F)(F)F)C(N)=O)(CC1)CC2. The summed E-state index contributed by atoms with van der Waals surface area (Å²) in [6, 6.07) is 10.2. The molecule has 0 aliphatic heterocycles. The second-order valence-electron chi connectivity index (χ2n) is 11.2. The average Bonchev–Trinajstić information content (AvgIpc) is 3.33. The Morgan fingerprint density at radius 1 is 1.00 bits per heavy atom. The predicted molar refractivity (Wildman–Crippen MR) is 136 cm³/mol. The van der Waals surface area contributed by atoms with Gasteiger partial charge in [0.2, 0.25) is 5.91 Å². The zero-order chi connectivity index (χ0) is 29.8. The fraction of sp³-hybridized carbons (Fsp3) is 0.448. The van der Waals surface area contributed by atoms with E-state index in [1.54, 1.807) is 17.7 Å². The lowest BCUT2D eigenvalue weighted by Gasteiger charge is -2.55. The molecule has 1 atom stereocenters. The van der Waals surface area contributed by atoms with Gasteiger partial charge in [0.25, 0.3) is 0 Å². The first-order valence-corrected chi connectivity index (χ1v) is 13.2. The van der Waals surface area contributed by atoms with Crippen molar-refractivity contribution < 1.29 is 31.1 Å². The van der Waals surface area contributed by atoms with Crippen molar-refractivity contribution in [3.8, 4) is 17.3 Å². The molecule has 1 amide bonds. The van der Waals surface area contributed by atoms with E-state index >= 15 is 0 Å². The van der Waals surface area contributed by atoms with E-state index in [1.165, 1.54) is 30.3 Å². The number of primary amides is 1. The van der Waals surface area contributed by atoms with Gasteiger partial charge < -0.3 is 5.73 Å². The maximum Gasteiger partial charge on any atom is 0.417 e. The summed E-state index contributed by atoms with van der Waals surface area (Å²) in [6.07, 6.45) is -6.41. The quantitative estimate of drug-likeness (QED) is 0.337. The molecule has 1 heterocycles. The van der Waals surface area contributed by atoms with Gasteiger partial charge >= 0.3 is 12.4 Å². The summed E-state index contributed by atoms with van der Waals surface area (Å²) in [5.74, 6) is -1.54. The van der Waals surface area contributed by atoms with E-state index in [2.05, 4.69) is 10.3 Å². The number of nitriles is 1. The summed E-state index contributed by atoms with van der Waals surface area (Å²) in [7, 11) is 0. The van der Waals surface area contributed by atoms with Crippen LogP contribution in [0.1, 0.15) is 66.5 Å². The molecule has 6 rings (SSSR count). The van der Waals surface area contributed by atoms with Crippen LogP contribution in [0.25, 0.3) is 11.3 Å². The van der Waals surface area contributed by atoms with Gasteiger partial charge in [0.15, 0.2) is 0 Å². The van der Waals surface area contributed by atoms with E-state index in [0.717, 1.165) is 12.1 Å². The molecule has 41 heavy (non-hydrogen) atoms. The molecular formula is C29H27F6N5O. The van der Waals surface area contributed by atoms with Crippen molar-refractivity contribution in [3.05, 3.63) is 70.4 Å². The number of benzene rings is 2. The molecule has 3 fully saturated rings. The molecule has 1 aromatic heterocycles. The van der Waals surface area contributed by atoms with Crippen molar-refractivity contribution in [2.24, 2.45) is 17.1 Å². The van der Waals surface area contributed by atoms with Crippen LogP contribution < -0.4 is 5.73 Å². The number of halogens is 6. The smallest absolute Gasteiger partial charge is 0.369 e. The third kappa shape index (κ3) is 4.96. The minimum atomic E-state index is -4.70. The Morgan fingerprint density at radius 3 is 2.17 bits per heavy atom. The molecule has 3 saturated carbocycles. The molecule has 2 aromatic carbocycles. The molecule has 2 N–H and O–H groups in total. The van der Waals surface area contributed by atoms with E-state index in [4.69, 9.17) is 11.0 Å². The summed E-state index contributed by atoms with van der Waals surface area (Å²) in [6.45, 7) is 1.68. The van der Waals surface area contributed by atoms with Crippen molar-refractivity contribution >= 4 is 5.91 Å². The number of hydrogen-bond acceptors (Lipinski definition) is 4. The van der Waals surface area contributed by atoms with Gasteiger partial charge in [0.1, 0.15) is 5.69 Å². The number of aromatic nitrogens is 3. The summed E-state index contributed by atoms with van der Waals surface area (Å²) in [5, 5.41) is 17.5. The number of carbonyl (C=O) groups excluding carboxylic acids is 1. The van der Waals surface area contributed by atoms with Crippen molar-refractivity contribution in [1.29, 1.82) is 5.26 Å². The molecule has 3 aliphatic carbocycles. The van der Waals surface area contributed by atoms with Crippen molar-refractivity contribution in [3.63, 3.8) is 0 Å². The third-order valence-corrected chi connectivity index (χ3v) is 9.15. The average molecular weight is 576 g/mol. The Balaban J connectivity index is 1.43. The van der Waals surface area contributed by atoms with Gasteiger partial charge in [0.05, 0.1) is 34.0 Å². The molecule has 0 saturated heterocycles. The molecule has 12 heteroatoms. The van der Waals surface area contributed by atoms with Crippen LogP contribution >= 0.6 is 0 Å². The summed E-state index contributed by atoms with van der Waals surface area (Å²) in [4.78, 5) is 12.7. The summed E-state index contributed by atoms with van der Waals surface area (Å²) < 4.78 is 84.2. The van der Waals surface area contributed by atoms with Crippen LogP contribution in [-0.2, 0) is 29.1 Å². The zero-order valence-electron chi connectivity index (χ0n) is 22.1. The molecule has 1 unspecified atom stereocenters. The number of rotatable bonds is 6. The standard InChI is InChI=1S/C29H27F6N5O/c1-17-24(20-4-2-3-5-21(20)28(30,31)32)38-39-40(17)27-11-8-26(9-12-27,10-13-27)23(25(37)41)15-19-7-6-18(16-36)14-22(19)29(33,34)35/h2-7,14,23H,8-13,15H2,1H3,(H2,37,41). The number of nitrogens with two attached hydrogens (primary N) is 1. The number of fused-ring (bicyclic) bond motifs is 3. The number of nitrogens with zero attached hydrogens (tertiary/aromatic N) is 4. The maximum absolute atomic E-state index is 13.8. The van der Waals surface area contributed by atoms with Gasteiger partial charge in [-0.15, -0.1) is 5.10 Å². The zero-order valence-corrected chi connectivity index (χ0v) is 22.1. The van der Waals surface area contributed by atoms with E-state index < -0.39 is 46.3 Å². The normalized spacial score (nSPS) is 23.3. The van der Waals surface area contributed by atoms with Gasteiger partial charge in [-0.3, -0.25) is 4.79 Å². The van der Waals surface area contributed by atoms with E-state index in [1.807, 2.05) is 0 Å². The van der Waals surface area contributed by atoms with Crippen LogP contribution in [0.4, 0.5) is 26.3 Å². The van der Waals surface area contributed by atoms with Crippen LogP contribution in [0.3, 0.4) is 0 Å². The Kier molecular flexibility index (Phi) is 6.91. The second kappa shape index (κ2) is 9.89. The van der Waals surface area contributed by atoms with Crippen molar-refractivity contribution in [2.75, 3.05) is 0 Å². The first kappa shape index (κ1) is 28.6. The Bertz CT molecular complexity index is 1510. The fourth-order valence-electron chi connectivity index (χ4n) is 6.93. The summed E-state index contributed by atoms with van der Waals surface area (Å²) in [5.41, 5.74) is 3.26. The van der Waals surface area contributed by atoms with E-state index in [0.29, 0.717) is 44.2 Å². The molecule has 3 aromatic rings. The lowest BCUT2D eigenvalue weighted by molar-refractivity contribution is -0.140. The fourth-order valence-corrected chi connectivity index (χ4v) is 6.93. The number of alkyl halides is 6. The van der Waals surface area contributed by atoms with Gasteiger partial charge in [-0.05, 0) is 81.0 Å². The third-order valence-electron chi connectivity index (χ3n) is 9.15. The topological polar surface area (TPSA) is 97.6 Å². The van der Waals surface area contributed by atoms with Crippen LogP contribution in [0.2, 0.25) is 0 Å². The molecule has 6 nitrogen and oxygen atoms in total. The highest BCUT2D eigenvalue weighted by Gasteiger charge is 2.55. The van der Waals surface area contributed by atoms with E-state index in [9.17, 15) is 31.1 Å². The number of carbonyl (C=O) groups is 1. The van der Waals surface area contributed by atoms with Gasteiger partial charge in [-0.2, -0.15) is 31.6 Å². The van der Waals surface area contributed by atoms with Gasteiger partial charge in [0, 0.05) is 11.5 Å². The van der Waals surface area contributed by atoms with Crippen molar-refractivity contribution in [2.45, 2.75) is 69.8 Å². The molecule has 0 radical (unpaired) electrons. The first-order valence-electron chi connectivity index (χ1n) is 13.2. The lowest BCUT2D eigenvalue weighted by atomic mass is 9.52. The molecular weight excluding hydrogens is 548 g/mol. The van der Waals surface area contributed by atoms with Gasteiger partial charge in [-0.25, -0.2) is 4.68 Å². The van der Waals surface area contributed by atoms with Crippen LogP contribution in [0, 0.1) is 29.6 Å². The largest absolute Gasteiger partial charge is 0.417 e. The maximum atomic E-state index is 13.8. The number of hydrogen-bond donors (Lipinski definition) is 1. The van der Waals surface area contributed by atoms with Crippen molar-refractivity contribution in [1.82, 2.24) is 15.0 Å².